The number of nitrogens with zero attached hydrogens (tertiary/aromatic N) is 1. The third kappa shape index (κ3) is 4.51. The largest absolute Gasteiger partial charge is 0.351 e. The van der Waals surface area contributed by atoms with Gasteiger partial charge in [0.05, 0.1) is 0 Å². The van der Waals surface area contributed by atoms with Crippen molar-refractivity contribution in [3.8, 4) is 0 Å². The molecule has 1 aromatic heterocycles. The van der Waals surface area contributed by atoms with Crippen LogP contribution in [0, 0.1) is 0 Å². The molecule has 0 saturated carbocycles. The highest BCUT2D eigenvalue weighted by Crippen LogP contribution is 2.42. The quantitative estimate of drug-likeness (QED) is 0.506. The molecule has 0 radical (unpaired) electrons. The molecule has 0 aliphatic heterocycles. The zero-order valence-electron chi connectivity index (χ0n) is 10.6. The number of hydrogen-bond acceptors (Lipinski definition) is 4. The molecule has 0 unspecified atom stereocenters. The van der Waals surface area contributed by atoms with Crippen LogP contribution in [0.3, 0.4) is 0 Å². The van der Waals surface area contributed by atoms with Crippen molar-refractivity contribution in [2.75, 3.05) is 6.54 Å². The van der Waals surface area contributed by atoms with Gasteiger partial charge in [-0.05, 0) is 66.3 Å². The van der Waals surface area contributed by atoms with Crippen molar-refractivity contribution >= 4 is 63.5 Å². The lowest BCUT2D eigenvalue weighted by molar-refractivity contribution is 0.0947. The van der Waals surface area contributed by atoms with Crippen LogP contribution in [0.15, 0.2) is 23.2 Å². The van der Waals surface area contributed by atoms with Crippen molar-refractivity contribution in [3.05, 3.63) is 23.9 Å². The lowest BCUT2D eigenvalue weighted by Crippen LogP contribution is -2.26. The maximum Gasteiger partial charge on any atom is 0.269 e. The third-order valence-electron chi connectivity index (χ3n) is 2.35. The lowest BCUT2D eigenvalue weighted by atomic mass is 10.3. The van der Waals surface area contributed by atoms with Gasteiger partial charge in [-0.15, -0.1) is 0 Å². The number of amides is 1. The molecule has 0 aliphatic carbocycles. The molecule has 1 N–H and O–H groups in total. The molecular weight excluding hydrogens is 480 g/mol. The minimum atomic E-state index is -3.80. The molecule has 0 aliphatic rings. The second-order valence-electron chi connectivity index (χ2n) is 3.92. The summed E-state index contributed by atoms with van der Waals surface area (Å²) < 4.78 is 22.8. The summed E-state index contributed by atoms with van der Waals surface area (Å²) in [5.74, 6) is -0.389. The van der Waals surface area contributed by atoms with Crippen molar-refractivity contribution in [2.45, 2.75) is 26.3 Å². The van der Waals surface area contributed by atoms with E-state index in [-0.39, 0.29) is 16.6 Å². The summed E-state index contributed by atoms with van der Waals surface area (Å²) in [5, 5.41) is 2.48. The molecule has 1 rings (SSSR count). The zero-order chi connectivity index (χ0) is 15.4. The van der Waals surface area contributed by atoms with Crippen molar-refractivity contribution in [1.29, 1.82) is 0 Å². The number of alkyl halides is 3. The Morgan fingerprint density at radius 3 is 2.55 bits per heavy atom. The molecule has 1 amide bonds. The smallest absolute Gasteiger partial charge is 0.269 e. The fourth-order valence-electron chi connectivity index (χ4n) is 1.28. The number of hydrogen-bond donors (Lipinski definition) is 1. The Morgan fingerprint density at radius 2 is 2.00 bits per heavy atom. The van der Waals surface area contributed by atoms with Crippen molar-refractivity contribution < 1.29 is 13.2 Å². The van der Waals surface area contributed by atoms with E-state index in [0.29, 0.717) is 6.54 Å². The van der Waals surface area contributed by atoms with Gasteiger partial charge < -0.3 is 5.32 Å². The van der Waals surface area contributed by atoms with Gasteiger partial charge in [0.15, 0.2) is 5.03 Å². The topological polar surface area (TPSA) is 76.1 Å². The third-order valence-corrected chi connectivity index (χ3v) is 7.58. The van der Waals surface area contributed by atoms with Crippen LogP contribution in [-0.4, -0.2) is 27.3 Å². The van der Waals surface area contributed by atoms with Crippen LogP contribution in [0.1, 0.15) is 30.3 Å². The number of unbranched alkanes of at least 4 members (excludes halogenated alkanes) is 1. The van der Waals surface area contributed by atoms with Gasteiger partial charge in [0.2, 0.25) is 11.3 Å². The molecule has 0 saturated heterocycles. The molecule has 1 aromatic rings. The van der Waals surface area contributed by atoms with E-state index < -0.39 is 11.3 Å². The molecule has 0 bridgehead atoms. The highest BCUT2D eigenvalue weighted by atomic mass is 80.0. The number of carbonyl (C=O) groups is 1. The Hall–Kier alpha value is 0.01000. The van der Waals surface area contributed by atoms with Gasteiger partial charge in [0.1, 0.15) is 5.69 Å². The van der Waals surface area contributed by atoms with Crippen LogP contribution in [0.2, 0.25) is 0 Å². The van der Waals surface area contributed by atoms with Crippen LogP contribution in [-0.2, 0) is 9.84 Å². The number of sulfone groups is 1. The number of carbonyl (C=O) groups excluding carboxylic acids is 1. The SMILES string of the molecule is CCCCNC(=O)c1cccc(S(=O)(=O)C(Br)(Br)Br)n1. The molecule has 0 spiro atoms. The molecule has 0 fully saturated rings. The summed E-state index contributed by atoms with van der Waals surface area (Å²) in [6, 6.07) is 4.28. The first-order valence-electron chi connectivity index (χ1n) is 5.76. The fourth-order valence-corrected chi connectivity index (χ4v) is 3.48. The summed E-state index contributed by atoms with van der Waals surface area (Å²) in [6.45, 7) is 2.55. The van der Waals surface area contributed by atoms with Crippen LogP contribution < -0.4 is 5.32 Å². The number of pyridine rings is 1. The van der Waals surface area contributed by atoms with Crippen LogP contribution in [0.5, 0.6) is 0 Å². The molecule has 0 atom stereocenters. The summed E-state index contributed by atoms with van der Waals surface area (Å²) in [7, 11) is -3.80. The Kier molecular flexibility index (Phi) is 6.62. The predicted molar refractivity (Wildman–Crippen MR) is 88.2 cm³/mol. The van der Waals surface area contributed by atoms with Crippen molar-refractivity contribution in [2.24, 2.45) is 0 Å². The van der Waals surface area contributed by atoms with E-state index in [1.165, 1.54) is 18.2 Å². The van der Waals surface area contributed by atoms with Gasteiger partial charge in [-0.25, -0.2) is 13.4 Å². The van der Waals surface area contributed by atoms with E-state index in [1.54, 1.807) is 0 Å². The molecule has 20 heavy (non-hydrogen) atoms. The van der Waals surface area contributed by atoms with Crippen LogP contribution in [0.4, 0.5) is 0 Å². The highest BCUT2D eigenvalue weighted by molar-refractivity contribution is 9.42. The van der Waals surface area contributed by atoms with E-state index >= 15 is 0 Å². The van der Waals surface area contributed by atoms with E-state index in [9.17, 15) is 13.2 Å². The zero-order valence-corrected chi connectivity index (χ0v) is 16.1. The van der Waals surface area contributed by atoms with Crippen LogP contribution >= 0.6 is 47.8 Å². The highest BCUT2D eigenvalue weighted by Gasteiger charge is 2.38. The van der Waals surface area contributed by atoms with E-state index in [4.69, 9.17) is 0 Å². The standard InChI is InChI=1S/C11H13Br3N2O3S/c1-2-3-7-15-10(17)8-5-4-6-9(16-8)20(18,19)11(12,13)14/h4-6H,2-3,7H2,1H3,(H,15,17). The lowest BCUT2D eigenvalue weighted by Gasteiger charge is -2.13. The number of halogens is 3. The average molecular weight is 493 g/mol. The first-order chi connectivity index (χ1) is 9.20. The maximum absolute atomic E-state index is 12.2. The average Bonchev–Trinajstić information content (AvgIpc) is 2.37. The van der Waals surface area contributed by atoms with Gasteiger partial charge >= 0.3 is 0 Å². The Balaban J connectivity index is 3.00. The Bertz CT molecular complexity index is 585. The number of nitrogens with one attached hydrogen (secondary N) is 1. The molecule has 112 valence electrons. The molecule has 0 aromatic carbocycles. The minimum Gasteiger partial charge on any atom is -0.351 e. The van der Waals surface area contributed by atoms with E-state index in [2.05, 4.69) is 58.1 Å². The van der Waals surface area contributed by atoms with E-state index in [1.807, 2.05) is 6.92 Å². The Morgan fingerprint density at radius 1 is 1.35 bits per heavy atom. The summed E-state index contributed by atoms with van der Waals surface area (Å²) in [4.78, 5) is 15.7. The van der Waals surface area contributed by atoms with Crippen LogP contribution in [0.25, 0.3) is 0 Å². The van der Waals surface area contributed by atoms with Gasteiger partial charge in [0, 0.05) is 6.54 Å². The second kappa shape index (κ2) is 7.33. The molecular formula is C11H13Br3N2O3S. The molecule has 1 heterocycles. The second-order valence-corrected chi connectivity index (χ2v) is 14.3. The maximum atomic E-state index is 12.2. The normalized spacial score (nSPS) is 12.2. The number of aromatic nitrogens is 1. The van der Waals surface area contributed by atoms with Crippen molar-refractivity contribution in [3.63, 3.8) is 0 Å². The summed E-state index contributed by atoms with van der Waals surface area (Å²) in [5.41, 5.74) is 0.0685. The predicted octanol–water partition coefficient (Wildman–Crippen LogP) is 3.18. The van der Waals surface area contributed by atoms with Gasteiger partial charge in [-0.1, -0.05) is 19.4 Å². The Labute approximate surface area is 143 Å². The molecule has 9 heteroatoms. The summed E-state index contributed by atoms with van der Waals surface area (Å²) in [6.07, 6.45) is 1.82. The van der Waals surface area contributed by atoms with E-state index in [0.717, 1.165) is 12.8 Å². The van der Waals surface area contributed by atoms with Crippen molar-refractivity contribution in [1.82, 2.24) is 10.3 Å². The first kappa shape index (κ1) is 18.1. The number of rotatable bonds is 5. The molecule has 5 nitrogen and oxygen atoms in total. The van der Waals surface area contributed by atoms with Gasteiger partial charge in [-0.2, -0.15) is 0 Å². The minimum absolute atomic E-state index is 0.0685. The fraction of sp³-hybridized carbons (Fsp3) is 0.455. The summed E-state index contributed by atoms with van der Waals surface area (Å²) >= 11 is 8.86. The van der Waals surface area contributed by atoms with Gasteiger partial charge in [-0.3, -0.25) is 4.79 Å². The first-order valence-corrected chi connectivity index (χ1v) is 9.63. The van der Waals surface area contributed by atoms with Gasteiger partial charge in [0.25, 0.3) is 5.91 Å². The monoisotopic (exact) mass is 490 g/mol.